The van der Waals surface area contributed by atoms with Gasteiger partial charge in [-0.3, -0.25) is 9.63 Å². The van der Waals surface area contributed by atoms with Gasteiger partial charge in [-0.25, -0.2) is 5.06 Å². The lowest BCUT2D eigenvalue weighted by Gasteiger charge is -2.44. The highest BCUT2D eigenvalue weighted by Crippen LogP contribution is 2.60. The Kier molecular flexibility index (Phi) is 3.41. The number of nitrogens with zero attached hydrogens (tertiary/aromatic N) is 1. The zero-order valence-corrected chi connectivity index (χ0v) is 13.7. The summed E-state index contributed by atoms with van der Waals surface area (Å²) in [7, 11) is 3.22. The number of rotatable bonds is 3. The van der Waals surface area contributed by atoms with E-state index in [1.807, 2.05) is 0 Å². The molecule has 1 amide bonds. The molecule has 1 saturated carbocycles. The second-order valence-corrected chi connectivity index (χ2v) is 7.72. The molecule has 3 rings (SSSR count). The van der Waals surface area contributed by atoms with Crippen LogP contribution in [-0.4, -0.2) is 25.1 Å². The Morgan fingerprint density at radius 1 is 1.45 bits per heavy atom. The smallest absolute Gasteiger partial charge is 0.274 e. The van der Waals surface area contributed by atoms with Crippen LogP contribution in [0, 0.1) is 24.7 Å². The van der Waals surface area contributed by atoms with Crippen molar-refractivity contribution in [2.24, 2.45) is 17.8 Å². The van der Waals surface area contributed by atoms with Crippen LogP contribution in [0.2, 0.25) is 0 Å². The van der Waals surface area contributed by atoms with E-state index in [4.69, 9.17) is 4.84 Å². The normalized spacial score (nSPS) is 27.2. The third-order valence-corrected chi connectivity index (χ3v) is 6.34. The monoisotopic (exact) mass is 293 g/mol. The third-order valence-electron chi connectivity index (χ3n) is 5.19. The van der Waals surface area contributed by atoms with Crippen LogP contribution in [0.25, 0.3) is 0 Å². The number of carbonyl (C=O) groups is 1. The van der Waals surface area contributed by atoms with E-state index in [1.165, 1.54) is 34.6 Å². The Bertz CT molecular complexity index is 549. The van der Waals surface area contributed by atoms with Crippen LogP contribution < -0.4 is 0 Å². The summed E-state index contributed by atoms with van der Waals surface area (Å²) >= 11 is 1.65. The lowest BCUT2D eigenvalue weighted by Crippen LogP contribution is -2.35. The maximum Gasteiger partial charge on any atom is 0.287 e. The van der Waals surface area contributed by atoms with Gasteiger partial charge in [0.25, 0.3) is 5.91 Å². The molecule has 0 bridgehead atoms. The molecule has 0 N–H and O–H groups in total. The molecule has 110 valence electrons. The molecule has 4 heteroatoms. The van der Waals surface area contributed by atoms with Crippen LogP contribution in [0.4, 0.5) is 0 Å². The Balaban J connectivity index is 1.96. The van der Waals surface area contributed by atoms with Crippen molar-refractivity contribution < 1.29 is 9.63 Å². The van der Waals surface area contributed by atoms with Crippen LogP contribution in [0.1, 0.15) is 51.9 Å². The van der Waals surface area contributed by atoms with Crippen molar-refractivity contribution in [3.8, 4) is 0 Å². The first-order chi connectivity index (χ1) is 9.45. The Hall–Kier alpha value is -0.870. The molecule has 3 atom stereocenters. The first-order valence-corrected chi connectivity index (χ1v) is 8.21. The van der Waals surface area contributed by atoms with Gasteiger partial charge in [0.15, 0.2) is 0 Å². The number of thiophene rings is 1. The van der Waals surface area contributed by atoms with Crippen molar-refractivity contribution >= 4 is 17.2 Å². The van der Waals surface area contributed by atoms with Crippen molar-refractivity contribution in [2.75, 3.05) is 14.2 Å². The van der Waals surface area contributed by atoms with Crippen LogP contribution in [-0.2, 0) is 11.3 Å². The van der Waals surface area contributed by atoms with Gasteiger partial charge in [0.1, 0.15) is 0 Å². The molecular weight excluding hydrogens is 270 g/mol. The van der Waals surface area contributed by atoms with E-state index >= 15 is 0 Å². The van der Waals surface area contributed by atoms with Gasteiger partial charge in [-0.15, -0.1) is 11.3 Å². The molecule has 0 saturated heterocycles. The largest absolute Gasteiger partial charge is 0.287 e. The van der Waals surface area contributed by atoms with Crippen LogP contribution in [0.5, 0.6) is 0 Å². The van der Waals surface area contributed by atoms with E-state index in [0.29, 0.717) is 5.92 Å². The minimum atomic E-state index is 0.00393. The van der Waals surface area contributed by atoms with Crippen LogP contribution >= 0.6 is 11.3 Å². The van der Waals surface area contributed by atoms with Gasteiger partial charge in [0.05, 0.1) is 12.0 Å². The molecule has 0 radical (unpaired) electrons. The Labute approximate surface area is 124 Å². The summed E-state index contributed by atoms with van der Waals surface area (Å²) in [4.78, 5) is 19.7. The molecule has 0 aliphatic heterocycles. The Morgan fingerprint density at radius 2 is 2.15 bits per heavy atom. The average molecular weight is 293 g/mol. The highest BCUT2D eigenvalue weighted by molar-refractivity contribution is 7.14. The molecular formula is C16H23NO2S. The molecule has 1 aromatic rings. The predicted molar refractivity (Wildman–Crippen MR) is 81.0 cm³/mol. The first kappa shape index (κ1) is 14.1. The van der Waals surface area contributed by atoms with E-state index < -0.39 is 0 Å². The van der Waals surface area contributed by atoms with E-state index in [2.05, 4.69) is 20.8 Å². The number of aryl methyl sites for hydroxylation is 1. The van der Waals surface area contributed by atoms with E-state index in [1.54, 1.807) is 18.4 Å². The van der Waals surface area contributed by atoms with Gasteiger partial charge in [0, 0.05) is 11.9 Å². The topological polar surface area (TPSA) is 29.5 Å². The summed E-state index contributed by atoms with van der Waals surface area (Å²) in [6, 6.07) is 0. The second kappa shape index (κ2) is 4.85. The second-order valence-electron chi connectivity index (χ2n) is 6.50. The minimum absolute atomic E-state index is 0.00393. The number of carbonyl (C=O) groups excluding carboxylic acids is 1. The quantitative estimate of drug-likeness (QED) is 0.797. The van der Waals surface area contributed by atoms with Crippen molar-refractivity contribution in [1.29, 1.82) is 0 Å². The van der Waals surface area contributed by atoms with Gasteiger partial charge in [-0.1, -0.05) is 13.8 Å². The predicted octanol–water partition coefficient (Wildman–Crippen LogP) is 3.62. The summed E-state index contributed by atoms with van der Waals surface area (Å²) < 4.78 is 0. The van der Waals surface area contributed by atoms with Crippen LogP contribution in [0.3, 0.4) is 0 Å². The lowest BCUT2D eigenvalue weighted by molar-refractivity contribution is -0.0754. The van der Waals surface area contributed by atoms with E-state index in [0.717, 1.165) is 29.1 Å². The van der Waals surface area contributed by atoms with E-state index in [9.17, 15) is 4.79 Å². The summed E-state index contributed by atoms with van der Waals surface area (Å²) in [6.45, 7) is 6.82. The fraction of sp³-hybridized carbons (Fsp3) is 0.688. The van der Waals surface area contributed by atoms with Crippen LogP contribution in [0.15, 0.2) is 0 Å². The summed E-state index contributed by atoms with van der Waals surface area (Å²) in [5, 5.41) is 1.34. The maximum atomic E-state index is 12.4. The number of hydrogen-bond donors (Lipinski definition) is 0. The van der Waals surface area contributed by atoms with Gasteiger partial charge in [-0.2, -0.15) is 0 Å². The summed E-state index contributed by atoms with van der Waals surface area (Å²) in [6.07, 6.45) is 2.42. The summed E-state index contributed by atoms with van der Waals surface area (Å²) in [5.74, 6) is 3.03. The highest BCUT2D eigenvalue weighted by atomic mass is 32.1. The molecule has 1 fully saturated rings. The lowest BCUT2D eigenvalue weighted by atomic mass is 9.61. The Morgan fingerprint density at radius 3 is 2.75 bits per heavy atom. The zero-order valence-electron chi connectivity index (χ0n) is 12.9. The highest BCUT2D eigenvalue weighted by Gasteiger charge is 2.50. The fourth-order valence-electron chi connectivity index (χ4n) is 4.05. The molecule has 0 aromatic carbocycles. The SMILES string of the molecule is CON(C)C(=O)c1sc(C)c2c1C[C@H]1CC(C(C)C)[C@@H]21. The number of hydroxylamine groups is 2. The number of hydrogen-bond acceptors (Lipinski definition) is 3. The number of amides is 1. The van der Waals surface area contributed by atoms with Gasteiger partial charge in [0.2, 0.25) is 0 Å². The van der Waals surface area contributed by atoms with Crippen molar-refractivity contribution in [2.45, 2.75) is 39.5 Å². The third kappa shape index (κ3) is 1.85. The van der Waals surface area contributed by atoms with Crippen molar-refractivity contribution in [3.63, 3.8) is 0 Å². The molecule has 20 heavy (non-hydrogen) atoms. The average Bonchev–Trinajstić information content (AvgIpc) is 2.83. The molecule has 2 aliphatic carbocycles. The first-order valence-electron chi connectivity index (χ1n) is 7.40. The van der Waals surface area contributed by atoms with Crippen molar-refractivity contribution in [1.82, 2.24) is 5.06 Å². The molecule has 3 nitrogen and oxygen atoms in total. The van der Waals surface area contributed by atoms with Crippen molar-refractivity contribution in [3.05, 3.63) is 20.9 Å². The standard InChI is InChI=1S/C16H23NO2S/c1-8(2)11-6-10-7-12-13(14(10)11)9(3)20-15(12)16(18)17(4)19-5/h8,10-11,14H,6-7H2,1-5H3/t10-,11?,14+/m1/s1. The zero-order chi connectivity index (χ0) is 14.6. The molecule has 0 spiro atoms. The van der Waals surface area contributed by atoms with Gasteiger partial charge >= 0.3 is 0 Å². The fourth-order valence-corrected chi connectivity index (χ4v) is 5.26. The van der Waals surface area contributed by atoms with Gasteiger partial charge < -0.3 is 0 Å². The van der Waals surface area contributed by atoms with Gasteiger partial charge in [-0.05, 0) is 54.6 Å². The molecule has 1 heterocycles. The molecule has 2 aliphatic rings. The molecule has 1 unspecified atom stereocenters. The molecule has 1 aromatic heterocycles. The minimum Gasteiger partial charge on any atom is -0.274 e. The number of fused-ring (bicyclic) bond motifs is 3. The van der Waals surface area contributed by atoms with E-state index in [-0.39, 0.29) is 5.91 Å². The maximum absolute atomic E-state index is 12.4. The summed E-state index contributed by atoms with van der Waals surface area (Å²) in [5.41, 5.74) is 2.82.